The van der Waals surface area contributed by atoms with E-state index >= 15 is 0 Å². The molecule has 0 aliphatic carbocycles. The number of H-pyrrole nitrogens is 1. The van der Waals surface area contributed by atoms with Crippen LogP contribution in [0.15, 0.2) is 24.3 Å². The summed E-state index contributed by atoms with van der Waals surface area (Å²) in [4.78, 5) is 7.28. The molecule has 0 aliphatic rings. The van der Waals surface area contributed by atoms with Crippen LogP contribution in [0.1, 0.15) is 5.56 Å². The number of imidazole rings is 1. The van der Waals surface area contributed by atoms with Gasteiger partial charge in [-0.2, -0.15) is 0 Å². The van der Waals surface area contributed by atoms with Crippen LogP contribution in [0.4, 0.5) is 19.1 Å². The second kappa shape index (κ2) is 6.31. The zero-order valence-corrected chi connectivity index (χ0v) is 12.9. The van der Waals surface area contributed by atoms with E-state index in [4.69, 9.17) is 9.47 Å². The first-order valence-electron chi connectivity index (χ1n) is 7.01. The van der Waals surface area contributed by atoms with Gasteiger partial charge >= 0.3 is 0 Å². The van der Waals surface area contributed by atoms with Crippen LogP contribution in [0, 0.1) is 17.5 Å². The molecule has 3 rings (SSSR count). The molecule has 5 nitrogen and oxygen atoms in total. The summed E-state index contributed by atoms with van der Waals surface area (Å²) >= 11 is 0. The molecular formula is C16H14F3N3O2. The van der Waals surface area contributed by atoms with E-state index in [-0.39, 0.29) is 12.1 Å². The summed E-state index contributed by atoms with van der Waals surface area (Å²) in [5.41, 5.74) is 1.28. The third kappa shape index (κ3) is 2.82. The smallest absolute Gasteiger partial charge is 0.201 e. The summed E-state index contributed by atoms with van der Waals surface area (Å²) in [5, 5.41) is 2.84. The van der Waals surface area contributed by atoms with Crippen molar-refractivity contribution in [3.63, 3.8) is 0 Å². The Balaban J connectivity index is 1.84. The number of anilines is 1. The Morgan fingerprint density at radius 1 is 1.04 bits per heavy atom. The topological polar surface area (TPSA) is 59.2 Å². The number of halogens is 3. The van der Waals surface area contributed by atoms with Crippen LogP contribution in [0.5, 0.6) is 11.5 Å². The number of benzene rings is 2. The fraction of sp³-hybridized carbons (Fsp3) is 0.188. The average Bonchev–Trinajstić information content (AvgIpc) is 2.99. The first kappa shape index (κ1) is 16.0. The number of fused-ring (bicyclic) bond motifs is 1. The Bertz CT molecular complexity index is 855. The van der Waals surface area contributed by atoms with Crippen molar-refractivity contribution in [3.8, 4) is 11.5 Å². The van der Waals surface area contributed by atoms with Crippen molar-refractivity contribution < 1.29 is 22.6 Å². The standard InChI is InChI=1S/C16H14F3N3O2/c1-23-12-5-10-11(6-13(12)24-2)22-16(21-10)20-7-8-3-4-9(17)15(19)14(8)18/h3-6H,7H2,1-2H3,(H2,20,21,22). The number of methoxy groups -OCH3 is 2. The zero-order chi connectivity index (χ0) is 17.3. The Morgan fingerprint density at radius 3 is 2.46 bits per heavy atom. The molecule has 0 unspecified atom stereocenters. The molecule has 126 valence electrons. The first-order chi connectivity index (χ1) is 11.5. The maximum atomic E-state index is 13.6. The number of ether oxygens (including phenoxy) is 2. The van der Waals surface area contributed by atoms with E-state index in [1.165, 1.54) is 20.3 Å². The maximum Gasteiger partial charge on any atom is 0.201 e. The molecular weight excluding hydrogens is 323 g/mol. The maximum absolute atomic E-state index is 13.6. The summed E-state index contributed by atoms with van der Waals surface area (Å²) in [6, 6.07) is 5.46. The summed E-state index contributed by atoms with van der Waals surface area (Å²) in [6.07, 6.45) is 0. The number of hydrogen-bond donors (Lipinski definition) is 2. The van der Waals surface area contributed by atoms with E-state index in [2.05, 4.69) is 15.3 Å². The van der Waals surface area contributed by atoms with Gasteiger partial charge in [-0.05, 0) is 6.07 Å². The van der Waals surface area contributed by atoms with Crippen LogP contribution in [0.3, 0.4) is 0 Å². The lowest BCUT2D eigenvalue weighted by Gasteiger charge is -2.06. The van der Waals surface area contributed by atoms with Gasteiger partial charge in [-0.25, -0.2) is 18.2 Å². The number of nitrogens with zero attached hydrogens (tertiary/aromatic N) is 1. The van der Waals surface area contributed by atoms with Crippen molar-refractivity contribution in [3.05, 3.63) is 47.3 Å². The predicted octanol–water partition coefficient (Wildman–Crippen LogP) is 3.61. The van der Waals surface area contributed by atoms with Gasteiger partial charge in [-0.1, -0.05) is 6.07 Å². The van der Waals surface area contributed by atoms with Crippen molar-refractivity contribution in [1.29, 1.82) is 0 Å². The molecule has 0 bridgehead atoms. The van der Waals surface area contributed by atoms with E-state index in [0.717, 1.165) is 6.07 Å². The highest BCUT2D eigenvalue weighted by Crippen LogP contribution is 2.31. The predicted molar refractivity (Wildman–Crippen MR) is 82.8 cm³/mol. The van der Waals surface area contributed by atoms with Gasteiger partial charge in [0.25, 0.3) is 0 Å². The summed E-state index contributed by atoms with van der Waals surface area (Å²) in [6.45, 7) is -0.0584. The lowest BCUT2D eigenvalue weighted by atomic mass is 10.2. The minimum absolute atomic E-state index is 0.00971. The number of nitrogens with one attached hydrogen (secondary N) is 2. The molecule has 3 aromatic rings. The molecule has 24 heavy (non-hydrogen) atoms. The molecule has 1 aromatic heterocycles. The molecule has 8 heteroatoms. The van der Waals surface area contributed by atoms with E-state index in [9.17, 15) is 13.2 Å². The average molecular weight is 337 g/mol. The van der Waals surface area contributed by atoms with Crippen LogP contribution in [-0.4, -0.2) is 24.2 Å². The zero-order valence-electron chi connectivity index (χ0n) is 12.9. The van der Waals surface area contributed by atoms with Crippen LogP contribution in [-0.2, 0) is 6.54 Å². The van der Waals surface area contributed by atoms with Gasteiger partial charge in [0.1, 0.15) is 0 Å². The molecule has 0 fully saturated rings. The fourth-order valence-electron chi connectivity index (χ4n) is 2.30. The number of aromatic amines is 1. The molecule has 2 aromatic carbocycles. The molecule has 0 radical (unpaired) electrons. The second-order valence-electron chi connectivity index (χ2n) is 5.00. The van der Waals surface area contributed by atoms with Gasteiger partial charge in [-0.3, -0.25) is 0 Å². The highest BCUT2D eigenvalue weighted by Gasteiger charge is 2.14. The number of rotatable bonds is 5. The van der Waals surface area contributed by atoms with Crippen molar-refractivity contribution in [1.82, 2.24) is 9.97 Å². The molecule has 0 saturated heterocycles. The Morgan fingerprint density at radius 2 is 1.75 bits per heavy atom. The van der Waals surface area contributed by atoms with Crippen LogP contribution >= 0.6 is 0 Å². The third-order valence-electron chi connectivity index (χ3n) is 3.55. The van der Waals surface area contributed by atoms with Crippen molar-refractivity contribution in [2.75, 3.05) is 19.5 Å². The van der Waals surface area contributed by atoms with Crippen molar-refractivity contribution >= 4 is 17.0 Å². The van der Waals surface area contributed by atoms with E-state index in [1.807, 2.05) is 0 Å². The van der Waals surface area contributed by atoms with Crippen LogP contribution < -0.4 is 14.8 Å². The van der Waals surface area contributed by atoms with Gasteiger partial charge in [0, 0.05) is 24.2 Å². The van der Waals surface area contributed by atoms with Crippen LogP contribution in [0.2, 0.25) is 0 Å². The number of aromatic nitrogens is 2. The second-order valence-corrected chi connectivity index (χ2v) is 5.00. The molecule has 0 spiro atoms. The van der Waals surface area contributed by atoms with Crippen molar-refractivity contribution in [2.24, 2.45) is 0 Å². The fourth-order valence-corrected chi connectivity index (χ4v) is 2.30. The van der Waals surface area contributed by atoms with Crippen molar-refractivity contribution in [2.45, 2.75) is 6.54 Å². The molecule has 0 aliphatic heterocycles. The minimum Gasteiger partial charge on any atom is -0.493 e. The Labute approximate surface area is 135 Å². The molecule has 2 N–H and O–H groups in total. The minimum atomic E-state index is -1.49. The SMILES string of the molecule is COc1cc2nc(NCc3ccc(F)c(F)c3F)[nH]c2cc1OC. The Kier molecular flexibility index (Phi) is 4.20. The quantitative estimate of drug-likeness (QED) is 0.698. The lowest BCUT2D eigenvalue weighted by molar-refractivity contribution is 0.356. The van der Waals surface area contributed by atoms with Gasteiger partial charge in [0.05, 0.1) is 25.3 Å². The molecule has 0 amide bonds. The van der Waals surface area contributed by atoms with Gasteiger partial charge < -0.3 is 19.8 Å². The summed E-state index contributed by atoms with van der Waals surface area (Å²) < 4.78 is 50.2. The van der Waals surface area contributed by atoms with Gasteiger partial charge in [0.2, 0.25) is 5.95 Å². The third-order valence-corrected chi connectivity index (χ3v) is 3.55. The summed E-state index contributed by atoms with van der Waals surface area (Å²) in [7, 11) is 3.03. The van der Waals surface area contributed by atoms with E-state index < -0.39 is 17.5 Å². The normalized spacial score (nSPS) is 10.9. The van der Waals surface area contributed by atoms with E-state index in [1.54, 1.807) is 12.1 Å². The van der Waals surface area contributed by atoms with Gasteiger partial charge in [-0.15, -0.1) is 0 Å². The molecule has 0 atom stereocenters. The Hall–Kier alpha value is -2.90. The highest BCUT2D eigenvalue weighted by molar-refractivity contribution is 5.81. The lowest BCUT2D eigenvalue weighted by Crippen LogP contribution is -2.05. The van der Waals surface area contributed by atoms with E-state index in [0.29, 0.717) is 28.5 Å². The van der Waals surface area contributed by atoms with Gasteiger partial charge in [0.15, 0.2) is 29.0 Å². The largest absolute Gasteiger partial charge is 0.493 e. The van der Waals surface area contributed by atoms with Crippen LogP contribution in [0.25, 0.3) is 11.0 Å². The summed E-state index contributed by atoms with van der Waals surface area (Å²) in [5.74, 6) is -2.53. The first-order valence-corrected chi connectivity index (χ1v) is 7.01. The number of hydrogen-bond acceptors (Lipinski definition) is 4. The monoisotopic (exact) mass is 337 g/mol. The molecule has 0 saturated carbocycles. The highest BCUT2D eigenvalue weighted by atomic mass is 19.2. The molecule has 1 heterocycles.